The monoisotopic (exact) mass is 269 g/mol. The van der Waals surface area contributed by atoms with E-state index in [9.17, 15) is 9.59 Å². The van der Waals surface area contributed by atoms with Crippen molar-refractivity contribution >= 4 is 11.9 Å². The number of hydrogen-bond donors (Lipinski definition) is 0. The van der Waals surface area contributed by atoms with Crippen LogP contribution in [0.2, 0.25) is 0 Å². The third-order valence-corrected chi connectivity index (χ3v) is 1.88. The van der Waals surface area contributed by atoms with Gasteiger partial charge in [-0.3, -0.25) is 4.79 Å². The van der Waals surface area contributed by atoms with Gasteiger partial charge in [0.15, 0.2) is 0 Å². The second-order valence-corrected chi connectivity index (χ2v) is 6.30. The van der Waals surface area contributed by atoms with Crippen LogP contribution in [0.3, 0.4) is 0 Å². The van der Waals surface area contributed by atoms with Crippen molar-refractivity contribution in [3.05, 3.63) is 11.4 Å². The molecule has 0 aliphatic rings. The van der Waals surface area contributed by atoms with Gasteiger partial charge < -0.3 is 14.3 Å². The van der Waals surface area contributed by atoms with Gasteiger partial charge in [-0.1, -0.05) is 0 Å². The Bertz CT molecular complexity index is 368. The quantitative estimate of drug-likeness (QED) is 0.581. The van der Waals surface area contributed by atoms with Crippen molar-refractivity contribution in [2.24, 2.45) is 0 Å². The first-order valence-electron chi connectivity index (χ1n) is 6.26. The zero-order valence-electron chi connectivity index (χ0n) is 12.6. The molecule has 0 saturated carbocycles. The van der Waals surface area contributed by atoms with E-state index < -0.39 is 29.2 Å². The normalized spacial score (nSPS) is 13.3. The van der Waals surface area contributed by atoms with Crippen LogP contribution in [0.25, 0.3) is 4.85 Å². The van der Waals surface area contributed by atoms with E-state index in [0.29, 0.717) is 0 Å². The molecule has 19 heavy (non-hydrogen) atoms. The van der Waals surface area contributed by atoms with Crippen molar-refractivity contribution in [2.45, 2.75) is 71.6 Å². The van der Waals surface area contributed by atoms with E-state index >= 15 is 0 Å². The number of rotatable bonds is 4. The van der Waals surface area contributed by atoms with Crippen LogP contribution in [0.15, 0.2) is 0 Å². The van der Waals surface area contributed by atoms with E-state index in [1.807, 2.05) is 0 Å². The summed E-state index contributed by atoms with van der Waals surface area (Å²) < 4.78 is 10.2. The van der Waals surface area contributed by atoms with Gasteiger partial charge in [-0.25, -0.2) is 11.4 Å². The van der Waals surface area contributed by atoms with Crippen LogP contribution in [0.1, 0.15) is 54.4 Å². The summed E-state index contributed by atoms with van der Waals surface area (Å²) in [6.45, 7) is 17.5. The molecule has 108 valence electrons. The van der Waals surface area contributed by atoms with E-state index in [2.05, 4.69) is 4.85 Å². The summed E-state index contributed by atoms with van der Waals surface area (Å²) >= 11 is 0. The molecule has 5 heteroatoms. The van der Waals surface area contributed by atoms with Crippen molar-refractivity contribution in [3.8, 4) is 0 Å². The van der Waals surface area contributed by atoms with Crippen LogP contribution < -0.4 is 0 Å². The fraction of sp³-hybridized carbons (Fsp3) is 0.786. The summed E-state index contributed by atoms with van der Waals surface area (Å²) in [5.74, 6) is -1.00. The molecule has 0 heterocycles. The van der Waals surface area contributed by atoms with E-state index in [1.165, 1.54) is 0 Å². The number of esters is 2. The molecule has 0 aromatic heterocycles. The lowest BCUT2D eigenvalue weighted by Gasteiger charge is -2.20. The molecule has 0 N–H and O–H groups in total. The van der Waals surface area contributed by atoms with Crippen LogP contribution in [0, 0.1) is 6.57 Å². The van der Waals surface area contributed by atoms with Gasteiger partial charge in [0, 0.05) is 6.42 Å². The first kappa shape index (κ1) is 17.4. The average Bonchev–Trinajstić information content (AvgIpc) is 2.12. The summed E-state index contributed by atoms with van der Waals surface area (Å²) in [5, 5.41) is 0. The highest BCUT2D eigenvalue weighted by molar-refractivity contribution is 5.79. The minimum absolute atomic E-state index is 0.0313. The van der Waals surface area contributed by atoms with Gasteiger partial charge in [-0.2, -0.15) is 0 Å². The first-order valence-corrected chi connectivity index (χ1v) is 6.26. The minimum atomic E-state index is -0.952. The van der Waals surface area contributed by atoms with Crippen molar-refractivity contribution in [2.75, 3.05) is 0 Å². The Morgan fingerprint density at radius 1 is 1.05 bits per heavy atom. The van der Waals surface area contributed by atoms with Gasteiger partial charge in [0.1, 0.15) is 11.2 Å². The average molecular weight is 269 g/mol. The molecule has 0 saturated heterocycles. The van der Waals surface area contributed by atoms with Crippen LogP contribution in [0.4, 0.5) is 0 Å². The lowest BCUT2D eigenvalue weighted by Crippen LogP contribution is -2.31. The molecule has 1 unspecified atom stereocenters. The SMILES string of the molecule is [C-]#[N+]C(CCC(=O)OC(C)(C)C)C(=O)OC(C)(C)C. The molecule has 0 rings (SSSR count). The van der Waals surface area contributed by atoms with Crippen molar-refractivity contribution in [3.63, 3.8) is 0 Å². The molecule has 0 aliphatic heterocycles. The summed E-state index contributed by atoms with van der Waals surface area (Å²) in [7, 11) is 0. The maximum atomic E-state index is 11.7. The molecule has 1 atom stereocenters. The Balaban J connectivity index is 4.33. The maximum Gasteiger partial charge on any atom is 0.390 e. The molecule has 0 fully saturated rings. The zero-order valence-corrected chi connectivity index (χ0v) is 12.6. The van der Waals surface area contributed by atoms with Crippen LogP contribution >= 0.6 is 0 Å². The van der Waals surface area contributed by atoms with Gasteiger partial charge in [-0.05, 0) is 41.5 Å². The van der Waals surface area contributed by atoms with Gasteiger partial charge in [0.25, 0.3) is 0 Å². The Morgan fingerprint density at radius 3 is 1.89 bits per heavy atom. The number of carbonyl (C=O) groups is 2. The standard InChI is InChI=1S/C14H23NO4/c1-13(2,3)18-11(16)9-8-10(15-7)12(17)19-14(4,5)6/h10H,8-9H2,1-6H3. The molecule has 5 nitrogen and oxygen atoms in total. The van der Waals surface area contributed by atoms with E-state index in [0.717, 1.165) is 0 Å². The minimum Gasteiger partial charge on any atom is -0.460 e. The molecule has 0 aliphatic carbocycles. The summed E-state index contributed by atoms with van der Waals surface area (Å²) in [6.07, 6.45) is 0.150. The molecule has 0 aromatic rings. The predicted molar refractivity (Wildman–Crippen MR) is 71.3 cm³/mol. The first-order chi connectivity index (χ1) is 8.44. The topological polar surface area (TPSA) is 57.0 Å². The Hall–Kier alpha value is -1.57. The summed E-state index contributed by atoms with van der Waals surface area (Å²) in [5.41, 5.74) is -1.19. The molecule has 0 bridgehead atoms. The third-order valence-electron chi connectivity index (χ3n) is 1.88. The van der Waals surface area contributed by atoms with Gasteiger partial charge in [0.05, 0.1) is 6.42 Å². The third kappa shape index (κ3) is 9.06. The molecular weight excluding hydrogens is 246 g/mol. The van der Waals surface area contributed by atoms with E-state index in [-0.39, 0.29) is 12.8 Å². The Morgan fingerprint density at radius 2 is 1.53 bits per heavy atom. The fourth-order valence-electron chi connectivity index (χ4n) is 1.25. The van der Waals surface area contributed by atoms with Crippen LogP contribution in [-0.2, 0) is 19.1 Å². The number of ether oxygens (including phenoxy) is 2. The van der Waals surface area contributed by atoms with Gasteiger partial charge in [-0.15, -0.1) is 0 Å². The van der Waals surface area contributed by atoms with E-state index in [4.69, 9.17) is 16.0 Å². The number of carbonyl (C=O) groups excluding carboxylic acids is 2. The molecule has 0 spiro atoms. The lowest BCUT2D eigenvalue weighted by molar-refractivity contribution is -0.157. The van der Waals surface area contributed by atoms with Crippen LogP contribution in [-0.4, -0.2) is 29.2 Å². The predicted octanol–water partition coefficient (Wildman–Crippen LogP) is 2.74. The molecular formula is C14H23NO4. The number of hydrogen-bond acceptors (Lipinski definition) is 4. The smallest absolute Gasteiger partial charge is 0.390 e. The highest BCUT2D eigenvalue weighted by Gasteiger charge is 2.30. The van der Waals surface area contributed by atoms with Crippen LogP contribution in [0.5, 0.6) is 0 Å². The fourth-order valence-corrected chi connectivity index (χ4v) is 1.25. The number of nitrogens with zero attached hydrogens (tertiary/aromatic N) is 1. The highest BCUT2D eigenvalue weighted by Crippen LogP contribution is 2.15. The van der Waals surface area contributed by atoms with Crippen molar-refractivity contribution in [1.29, 1.82) is 0 Å². The Kier molecular flexibility index (Phi) is 6.01. The summed E-state index contributed by atoms with van der Waals surface area (Å²) in [4.78, 5) is 26.4. The molecule has 0 radical (unpaired) electrons. The van der Waals surface area contributed by atoms with Crippen molar-refractivity contribution in [1.82, 2.24) is 0 Å². The maximum absolute atomic E-state index is 11.7. The lowest BCUT2D eigenvalue weighted by atomic mass is 10.1. The Labute approximate surface area is 115 Å². The highest BCUT2D eigenvalue weighted by atomic mass is 16.6. The summed E-state index contributed by atoms with van der Waals surface area (Å²) in [6, 6.07) is -0.952. The second kappa shape index (κ2) is 6.55. The van der Waals surface area contributed by atoms with E-state index in [1.54, 1.807) is 41.5 Å². The largest absolute Gasteiger partial charge is 0.460 e. The molecule has 0 amide bonds. The molecule has 0 aromatic carbocycles. The second-order valence-electron chi connectivity index (χ2n) is 6.30. The van der Waals surface area contributed by atoms with Gasteiger partial charge in [0.2, 0.25) is 0 Å². The zero-order chi connectivity index (χ0) is 15.3. The van der Waals surface area contributed by atoms with Crippen molar-refractivity contribution < 1.29 is 19.1 Å². The van der Waals surface area contributed by atoms with Gasteiger partial charge >= 0.3 is 18.0 Å².